The topological polar surface area (TPSA) is 80.0 Å². The molecule has 0 aliphatic rings. The van der Waals surface area contributed by atoms with E-state index in [1.165, 1.54) is 18.3 Å². The van der Waals surface area contributed by atoms with Crippen molar-refractivity contribution in [1.29, 1.82) is 0 Å². The number of hydrazine groups is 1. The summed E-state index contributed by atoms with van der Waals surface area (Å²) in [4.78, 5) is 15.8. The van der Waals surface area contributed by atoms with Gasteiger partial charge in [-0.2, -0.15) is 0 Å². The summed E-state index contributed by atoms with van der Waals surface area (Å²) in [5.41, 5.74) is 2.28. The van der Waals surface area contributed by atoms with E-state index in [0.29, 0.717) is 6.07 Å². The molecule has 0 saturated carbocycles. The second-order valence-electron chi connectivity index (χ2n) is 3.62. The van der Waals surface area contributed by atoms with Crippen molar-refractivity contribution in [1.82, 2.24) is 4.98 Å². The van der Waals surface area contributed by atoms with Gasteiger partial charge in [0.25, 0.3) is 5.91 Å². The lowest BCUT2D eigenvalue weighted by atomic mass is 10.2. The second kappa shape index (κ2) is 5.40. The van der Waals surface area contributed by atoms with Gasteiger partial charge in [0, 0.05) is 12.3 Å². The molecule has 0 saturated heterocycles. The normalized spacial score (nSPS) is 10.1. The number of nitrogens with zero attached hydrogens (tertiary/aromatic N) is 1. The number of nitrogens with one attached hydrogen (secondary N) is 2. The van der Waals surface area contributed by atoms with Crippen molar-refractivity contribution >= 4 is 17.4 Å². The molecular formula is C12H10F2N4O. The third-order valence-corrected chi connectivity index (χ3v) is 2.37. The minimum Gasteiger partial charge on any atom is -0.319 e. The summed E-state index contributed by atoms with van der Waals surface area (Å²) in [6, 6.07) is 5.87. The van der Waals surface area contributed by atoms with Gasteiger partial charge in [0.1, 0.15) is 11.6 Å². The van der Waals surface area contributed by atoms with E-state index in [0.717, 1.165) is 12.1 Å². The number of halogens is 2. The predicted octanol–water partition coefficient (Wildman–Crippen LogP) is 1.90. The van der Waals surface area contributed by atoms with E-state index in [9.17, 15) is 13.6 Å². The van der Waals surface area contributed by atoms with Crippen LogP contribution in [0.4, 0.5) is 20.3 Å². The lowest BCUT2D eigenvalue weighted by Gasteiger charge is -2.09. The van der Waals surface area contributed by atoms with Crippen molar-refractivity contribution < 1.29 is 13.6 Å². The molecular weight excluding hydrogens is 254 g/mol. The summed E-state index contributed by atoms with van der Waals surface area (Å²) < 4.78 is 26.1. The third-order valence-electron chi connectivity index (χ3n) is 2.37. The number of anilines is 2. The average Bonchev–Trinajstić information content (AvgIpc) is 2.41. The van der Waals surface area contributed by atoms with Crippen LogP contribution in [0.2, 0.25) is 0 Å². The summed E-state index contributed by atoms with van der Waals surface area (Å²) in [6.07, 6.45) is 1.45. The highest BCUT2D eigenvalue weighted by molar-refractivity contribution is 6.07. The largest absolute Gasteiger partial charge is 0.319 e. The molecule has 1 aromatic carbocycles. The number of amides is 1. The van der Waals surface area contributed by atoms with Crippen LogP contribution in [-0.2, 0) is 0 Å². The van der Waals surface area contributed by atoms with Crippen LogP contribution in [0.3, 0.4) is 0 Å². The Balaban J connectivity index is 2.26. The molecule has 0 spiro atoms. The summed E-state index contributed by atoms with van der Waals surface area (Å²) in [6.45, 7) is 0. The Kier molecular flexibility index (Phi) is 3.67. The number of benzene rings is 1. The number of nitrogen functional groups attached to an aromatic ring is 1. The molecule has 4 N–H and O–H groups in total. The minimum atomic E-state index is -0.862. The number of rotatable bonds is 3. The quantitative estimate of drug-likeness (QED) is 0.584. The molecule has 1 aromatic heterocycles. The predicted molar refractivity (Wildman–Crippen MR) is 66.4 cm³/mol. The highest BCUT2D eigenvalue weighted by Gasteiger charge is 2.13. The molecule has 2 rings (SSSR count). The van der Waals surface area contributed by atoms with Gasteiger partial charge < -0.3 is 10.7 Å². The number of hydrogen-bond acceptors (Lipinski definition) is 4. The van der Waals surface area contributed by atoms with Crippen molar-refractivity contribution in [2.24, 2.45) is 5.84 Å². The molecule has 0 aliphatic carbocycles. The summed E-state index contributed by atoms with van der Waals surface area (Å²) in [5.74, 6) is 3.18. The molecule has 0 bridgehead atoms. The zero-order chi connectivity index (χ0) is 13.8. The molecule has 0 unspecified atom stereocenters. The lowest BCUT2D eigenvalue weighted by Crippen LogP contribution is -2.18. The van der Waals surface area contributed by atoms with Gasteiger partial charge >= 0.3 is 0 Å². The van der Waals surface area contributed by atoms with Crippen LogP contribution in [0.25, 0.3) is 0 Å². The van der Waals surface area contributed by atoms with Gasteiger partial charge in [-0.1, -0.05) is 0 Å². The number of nitrogens with two attached hydrogens (primary N) is 1. The van der Waals surface area contributed by atoms with Crippen LogP contribution in [0.1, 0.15) is 10.4 Å². The summed E-state index contributed by atoms with van der Waals surface area (Å²) >= 11 is 0. The van der Waals surface area contributed by atoms with Gasteiger partial charge in [-0.15, -0.1) is 0 Å². The highest BCUT2D eigenvalue weighted by Crippen LogP contribution is 2.17. The molecule has 7 heteroatoms. The van der Waals surface area contributed by atoms with E-state index in [2.05, 4.69) is 15.7 Å². The van der Waals surface area contributed by atoms with E-state index >= 15 is 0 Å². The lowest BCUT2D eigenvalue weighted by molar-refractivity contribution is 0.102. The zero-order valence-electron chi connectivity index (χ0n) is 9.65. The first-order valence-electron chi connectivity index (χ1n) is 5.30. The first-order valence-corrected chi connectivity index (χ1v) is 5.30. The number of pyridine rings is 1. The van der Waals surface area contributed by atoms with Gasteiger partial charge in [0.2, 0.25) is 0 Å². The Morgan fingerprint density at radius 1 is 1.26 bits per heavy atom. The van der Waals surface area contributed by atoms with Gasteiger partial charge in [-0.25, -0.2) is 19.6 Å². The van der Waals surface area contributed by atoms with E-state index in [-0.39, 0.29) is 17.1 Å². The maximum atomic E-state index is 13.4. The van der Waals surface area contributed by atoms with Crippen molar-refractivity contribution in [3.8, 4) is 0 Å². The highest BCUT2D eigenvalue weighted by atomic mass is 19.1. The number of hydrogen-bond donors (Lipinski definition) is 3. The minimum absolute atomic E-state index is 0.127. The fourth-order valence-corrected chi connectivity index (χ4v) is 1.48. The van der Waals surface area contributed by atoms with Gasteiger partial charge in [0.05, 0.1) is 11.3 Å². The Hall–Kier alpha value is -2.54. The fourth-order valence-electron chi connectivity index (χ4n) is 1.48. The third kappa shape index (κ3) is 2.83. The molecule has 5 nitrogen and oxygen atoms in total. The number of carbonyl (C=O) groups is 1. The SMILES string of the molecule is NNc1ncccc1C(=O)Nc1ccc(F)cc1F. The van der Waals surface area contributed by atoms with Crippen LogP contribution in [-0.4, -0.2) is 10.9 Å². The monoisotopic (exact) mass is 264 g/mol. The van der Waals surface area contributed by atoms with E-state index in [1.807, 2.05) is 0 Å². The fraction of sp³-hybridized carbons (Fsp3) is 0. The first kappa shape index (κ1) is 12.9. The standard InChI is InChI=1S/C12H10F2N4O/c13-7-3-4-10(9(14)6-7)17-12(19)8-2-1-5-16-11(8)18-15/h1-6H,15H2,(H,16,18)(H,17,19). The van der Waals surface area contributed by atoms with Crippen molar-refractivity contribution in [2.75, 3.05) is 10.7 Å². The molecule has 0 fully saturated rings. The first-order chi connectivity index (χ1) is 9.11. The Labute approximate surface area is 107 Å². The molecule has 0 atom stereocenters. The van der Waals surface area contributed by atoms with Crippen LogP contribution in [0, 0.1) is 11.6 Å². The van der Waals surface area contributed by atoms with Gasteiger partial charge in [0.15, 0.2) is 5.82 Å². The van der Waals surface area contributed by atoms with E-state index in [4.69, 9.17) is 5.84 Å². The smallest absolute Gasteiger partial charge is 0.259 e. The van der Waals surface area contributed by atoms with Crippen LogP contribution in [0.15, 0.2) is 36.5 Å². The van der Waals surface area contributed by atoms with Crippen molar-refractivity contribution in [3.63, 3.8) is 0 Å². The van der Waals surface area contributed by atoms with Crippen molar-refractivity contribution in [3.05, 3.63) is 53.7 Å². The van der Waals surface area contributed by atoms with Crippen LogP contribution < -0.4 is 16.6 Å². The Morgan fingerprint density at radius 3 is 2.74 bits per heavy atom. The summed E-state index contributed by atoms with van der Waals surface area (Å²) in [5, 5.41) is 2.31. The Bertz CT molecular complexity index is 618. The number of aromatic nitrogens is 1. The Morgan fingerprint density at radius 2 is 2.05 bits per heavy atom. The molecule has 0 radical (unpaired) electrons. The molecule has 1 amide bonds. The number of carbonyl (C=O) groups excluding carboxylic acids is 1. The van der Waals surface area contributed by atoms with E-state index < -0.39 is 17.5 Å². The zero-order valence-corrected chi connectivity index (χ0v) is 9.65. The van der Waals surface area contributed by atoms with E-state index in [1.54, 1.807) is 0 Å². The van der Waals surface area contributed by atoms with Crippen molar-refractivity contribution in [2.45, 2.75) is 0 Å². The second-order valence-corrected chi connectivity index (χ2v) is 3.62. The van der Waals surface area contributed by atoms with Crippen LogP contribution >= 0.6 is 0 Å². The van der Waals surface area contributed by atoms with Gasteiger partial charge in [-0.3, -0.25) is 4.79 Å². The molecule has 19 heavy (non-hydrogen) atoms. The average molecular weight is 264 g/mol. The molecule has 1 heterocycles. The molecule has 0 aliphatic heterocycles. The maximum Gasteiger partial charge on any atom is 0.259 e. The molecule has 98 valence electrons. The summed E-state index contributed by atoms with van der Waals surface area (Å²) in [7, 11) is 0. The maximum absolute atomic E-state index is 13.4. The molecule has 2 aromatic rings. The van der Waals surface area contributed by atoms with Crippen LogP contribution in [0.5, 0.6) is 0 Å². The van der Waals surface area contributed by atoms with Gasteiger partial charge in [-0.05, 0) is 24.3 Å².